The smallest absolute Gasteiger partial charge is 0.313 e. The Labute approximate surface area is 107 Å². The monoisotopic (exact) mass is 264 g/mol. The van der Waals surface area contributed by atoms with E-state index in [9.17, 15) is 4.79 Å². The summed E-state index contributed by atoms with van der Waals surface area (Å²) in [6, 6.07) is 0. The van der Waals surface area contributed by atoms with Crippen LogP contribution < -0.4 is 0 Å². The van der Waals surface area contributed by atoms with Crippen LogP contribution in [0.25, 0.3) is 0 Å². The summed E-state index contributed by atoms with van der Waals surface area (Å²) in [6.07, 6.45) is 7.24. The lowest BCUT2D eigenvalue weighted by atomic mass is 10.1. The maximum absolute atomic E-state index is 10.2. The minimum atomic E-state index is -0.865. The van der Waals surface area contributed by atoms with Crippen LogP contribution in [0.1, 0.15) is 45.4 Å². The van der Waals surface area contributed by atoms with Gasteiger partial charge in [0.1, 0.15) is 0 Å². The van der Waals surface area contributed by atoms with Gasteiger partial charge in [0.05, 0.1) is 12.4 Å². The molecule has 0 rings (SSSR count). The van der Waals surface area contributed by atoms with E-state index in [0.717, 1.165) is 24.6 Å². The molecule has 0 fully saturated rings. The Morgan fingerprint density at radius 3 is 2.50 bits per heavy atom. The molecule has 0 atom stereocenters. The standard InChI is InChI=1S/C11H20O3S2/c1-2-3-4-5-6-7-8-14-11(15)16-9-10(12)13/h2-9H2,1H3,(H,12,13). The van der Waals surface area contributed by atoms with Gasteiger partial charge in [0.15, 0.2) is 0 Å². The summed E-state index contributed by atoms with van der Waals surface area (Å²) < 4.78 is 5.57. The highest BCUT2D eigenvalue weighted by atomic mass is 32.2. The Morgan fingerprint density at radius 2 is 1.88 bits per heavy atom. The van der Waals surface area contributed by atoms with Gasteiger partial charge in [0, 0.05) is 0 Å². The fraction of sp³-hybridized carbons (Fsp3) is 0.818. The summed E-state index contributed by atoms with van der Waals surface area (Å²) in [5.41, 5.74) is 0. The molecule has 0 amide bonds. The maximum Gasteiger partial charge on any atom is 0.313 e. The molecule has 0 radical (unpaired) electrons. The zero-order valence-electron chi connectivity index (χ0n) is 9.74. The van der Waals surface area contributed by atoms with Gasteiger partial charge in [0.2, 0.25) is 4.38 Å². The molecule has 1 N–H and O–H groups in total. The molecule has 3 nitrogen and oxygen atoms in total. The number of unbranched alkanes of at least 4 members (excludes halogenated alkanes) is 5. The van der Waals surface area contributed by atoms with Crippen LogP contribution in [0.4, 0.5) is 0 Å². The van der Waals surface area contributed by atoms with E-state index in [1.165, 1.54) is 25.7 Å². The van der Waals surface area contributed by atoms with E-state index in [0.29, 0.717) is 11.0 Å². The second kappa shape index (κ2) is 11.2. The number of carboxylic acid groups (broad SMARTS) is 1. The molecular weight excluding hydrogens is 244 g/mol. The number of carboxylic acids is 1. The Balaban J connectivity index is 3.18. The molecule has 0 bridgehead atoms. The second-order valence-electron chi connectivity index (χ2n) is 3.55. The highest BCUT2D eigenvalue weighted by molar-refractivity contribution is 8.23. The van der Waals surface area contributed by atoms with E-state index >= 15 is 0 Å². The average Bonchev–Trinajstić information content (AvgIpc) is 2.25. The molecule has 0 aliphatic rings. The Bertz CT molecular complexity index is 207. The van der Waals surface area contributed by atoms with E-state index < -0.39 is 5.97 Å². The summed E-state index contributed by atoms with van der Waals surface area (Å²) >= 11 is 5.94. The van der Waals surface area contributed by atoms with Gasteiger partial charge in [-0.25, -0.2) is 0 Å². The third-order valence-electron chi connectivity index (χ3n) is 2.03. The molecule has 0 aliphatic heterocycles. The van der Waals surface area contributed by atoms with Gasteiger partial charge in [-0.1, -0.05) is 50.8 Å². The number of thioether (sulfide) groups is 1. The zero-order valence-corrected chi connectivity index (χ0v) is 11.4. The second-order valence-corrected chi connectivity index (χ2v) is 5.13. The molecule has 0 spiro atoms. The highest BCUT2D eigenvalue weighted by Crippen LogP contribution is 2.08. The highest BCUT2D eigenvalue weighted by Gasteiger charge is 2.02. The van der Waals surface area contributed by atoms with Crippen LogP contribution >= 0.6 is 24.0 Å². The van der Waals surface area contributed by atoms with Crippen LogP contribution in [0, 0.1) is 0 Å². The Morgan fingerprint density at radius 1 is 1.25 bits per heavy atom. The van der Waals surface area contributed by atoms with Gasteiger partial charge in [-0.2, -0.15) is 0 Å². The molecule has 94 valence electrons. The molecule has 0 aromatic heterocycles. The number of ether oxygens (including phenoxy) is 1. The van der Waals surface area contributed by atoms with Crippen LogP contribution in [0.2, 0.25) is 0 Å². The van der Waals surface area contributed by atoms with E-state index in [1.807, 2.05) is 0 Å². The van der Waals surface area contributed by atoms with E-state index in [1.54, 1.807) is 0 Å². The minimum Gasteiger partial charge on any atom is -0.481 e. The van der Waals surface area contributed by atoms with Gasteiger partial charge >= 0.3 is 5.97 Å². The van der Waals surface area contributed by atoms with E-state index in [4.69, 9.17) is 22.1 Å². The molecule has 0 aromatic rings. The van der Waals surface area contributed by atoms with Gasteiger partial charge in [-0.15, -0.1) is 0 Å². The number of hydrogen-bond acceptors (Lipinski definition) is 4. The molecule has 0 unspecified atom stereocenters. The molecule has 0 aliphatic carbocycles. The van der Waals surface area contributed by atoms with Crippen LogP contribution in [0.5, 0.6) is 0 Å². The van der Waals surface area contributed by atoms with Crippen molar-refractivity contribution in [3.05, 3.63) is 0 Å². The summed E-state index contributed by atoms with van der Waals surface area (Å²) in [6.45, 7) is 2.80. The van der Waals surface area contributed by atoms with E-state index in [-0.39, 0.29) is 5.75 Å². The predicted octanol–water partition coefficient (Wildman–Crippen LogP) is 3.47. The third-order valence-corrected chi connectivity index (χ3v) is 3.25. The summed E-state index contributed by atoms with van der Waals surface area (Å²) in [5.74, 6) is -0.884. The quantitative estimate of drug-likeness (QED) is 0.510. The number of rotatable bonds is 9. The summed E-state index contributed by atoms with van der Waals surface area (Å²) in [5, 5.41) is 8.42. The summed E-state index contributed by atoms with van der Waals surface area (Å²) in [4.78, 5) is 10.2. The van der Waals surface area contributed by atoms with Crippen molar-refractivity contribution >= 4 is 34.3 Å². The molecule has 0 saturated heterocycles. The van der Waals surface area contributed by atoms with Crippen molar-refractivity contribution < 1.29 is 14.6 Å². The van der Waals surface area contributed by atoms with Gasteiger partial charge in [-0.05, 0) is 18.6 Å². The van der Waals surface area contributed by atoms with Crippen LogP contribution in [-0.2, 0) is 9.53 Å². The number of hydrogen-bond donors (Lipinski definition) is 1. The molecule has 0 saturated carbocycles. The average molecular weight is 264 g/mol. The zero-order chi connectivity index (χ0) is 12.2. The predicted molar refractivity (Wildman–Crippen MR) is 72.0 cm³/mol. The first-order valence-corrected chi connectivity index (χ1v) is 7.07. The first kappa shape index (κ1) is 15.7. The number of carbonyl (C=O) groups is 1. The number of thiocarbonyl (C=S) groups is 1. The largest absolute Gasteiger partial charge is 0.481 e. The number of aliphatic carboxylic acids is 1. The van der Waals surface area contributed by atoms with Crippen molar-refractivity contribution in [1.82, 2.24) is 0 Å². The fourth-order valence-corrected chi connectivity index (χ4v) is 1.87. The summed E-state index contributed by atoms with van der Waals surface area (Å²) in [7, 11) is 0. The molecule has 0 heterocycles. The van der Waals surface area contributed by atoms with E-state index in [2.05, 4.69) is 6.92 Å². The molecule has 16 heavy (non-hydrogen) atoms. The third kappa shape index (κ3) is 11.8. The SMILES string of the molecule is CCCCCCCCOC(=S)SCC(=O)O. The van der Waals surface area contributed by atoms with Crippen molar-refractivity contribution in [1.29, 1.82) is 0 Å². The van der Waals surface area contributed by atoms with Crippen molar-refractivity contribution in [2.75, 3.05) is 12.4 Å². The van der Waals surface area contributed by atoms with Crippen molar-refractivity contribution in [3.8, 4) is 0 Å². The van der Waals surface area contributed by atoms with Crippen molar-refractivity contribution in [2.24, 2.45) is 0 Å². The van der Waals surface area contributed by atoms with Crippen LogP contribution in [0.15, 0.2) is 0 Å². The van der Waals surface area contributed by atoms with Gasteiger partial charge in [0.25, 0.3) is 0 Å². The minimum absolute atomic E-state index is 0.0185. The lowest BCUT2D eigenvalue weighted by Crippen LogP contribution is -2.05. The van der Waals surface area contributed by atoms with Crippen molar-refractivity contribution in [2.45, 2.75) is 45.4 Å². The maximum atomic E-state index is 10.2. The lowest BCUT2D eigenvalue weighted by Gasteiger charge is -2.05. The molecule has 0 aromatic carbocycles. The lowest BCUT2D eigenvalue weighted by molar-refractivity contribution is -0.133. The fourth-order valence-electron chi connectivity index (χ4n) is 1.20. The normalized spacial score (nSPS) is 10.1. The Kier molecular flexibility index (Phi) is 11.0. The van der Waals surface area contributed by atoms with Gasteiger partial charge in [-0.3, -0.25) is 4.79 Å². The van der Waals surface area contributed by atoms with Crippen LogP contribution in [0.3, 0.4) is 0 Å². The first-order valence-electron chi connectivity index (χ1n) is 5.68. The van der Waals surface area contributed by atoms with Crippen LogP contribution in [-0.4, -0.2) is 27.8 Å². The molecular formula is C11H20O3S2. The molecule has 5 heteroatoms. The van der Waals surface area contributed by atoms with Gasteiger partial charge < -0.3 is 9.84 Å². The Hall–Kier alpha value is -0.290. The van der Waals surface area contributed by atoms with Crippen molar-refractivity contribution in [3.63, 3.8) is 0 Å². The topological polar surface area (TPSA) is 46.5 Å². The first-order chi connectivity index (χ1) is 7.66.